The molecular weight excluding hydrogens is 228 g/mol. The van der Waals surface area contributed by atoms with Crippen LogP contribution in [0.1, 0.15) is 39.0 Å². The van der Waals surface area contributed by atoms with Crippen molar-refractivity contribution in [1.82, 2.24) is 9.80 Å². The zero-order valence-corrected chi connectivity index (χ0v) is 11.1. The molecule has 18 heavy (non-hydrogen) atoms. The molecule has 1 saturated heterocycles. The summed E-state index contributed by atoms with van der Waals surface area (Å²) in [6.07, 6.45) is 6.28. The van der Waals surface area contributed by atoms with Gasteiger partial charge in [0, 0.05) is 31.8 Å². The van der Waals surface area contributed by atoms with E-state index in [1.807, 2.05) is 6.92 Å². The zero-order chi connectivity index (χ0) is 13.3. The van der Waals surface area contributed by atoms with Gasteiger partial charge in [-0.25, -0.2) is 0 Å². The number of nitrogens with zero attached hydrogens (tertiary/aromatic N) is 2. The standard InChI is InChI=1S/C13H22N4O/c1-9-7-12(18)16(2)11(8-14)13(15)17(9)10-5-3-4-6-10/h8-11,14-15H,3-7H2,1-2H3. The summed E-state index contributed by atoms with van der Waals surface area (Å²) in [6, 6.07) is -0.0437. The summed E-state index contributed by atoms with van der Waals surface area (Å²) in [6.45, 7) is 2.02. The number of carbonyl (C=O) groups is 1. The summed E-state index contributed by atoms with van der Waals surface area (Å²) in [5.41, 5.74) is 0. The van der Waals surface area contributed by atoms with Gasteiger partial charge < -0.3 is 15.2 Å². The topological polar surface area (TPSA) is 71.2 Å². The molecule has 5 heteroatoms. The van der Waals surface area contributed by atoms with Crippen LogP contribution in [-0.2, 0) is 4.79 Å². The maximum absolute atomic E-state index is 12.0. The van der Waals surface area contributed by atoms with E-state index in [9.17, 15) is 4.79 Å². The highest BCUT2D eigenvalue weighted by Crippen LogP contribution is 2.28. The summed E-state index contributed by atoms with van der Waals surface area (Å²) in [7, 11) is 1.69. The molecule has 0 aromatic carbocycles. The normalized spacial score (nSPS) is 30.8. The number of amidine groups is 1. The van der Waals surface area contributed by atoms with E-state index in [4.69, 9.17) is 10.8 Å². The third-order valence-corrected chi connectivity index (χ3v) is 4.19. The van der Waals surface area contributed by atoms with Crippen LogP contribution < -0.4 is 0 Å². The maximum Gasteiger partial charge on any atom is 0.225 e. The van der Waals surface area contributed by atoms with Crippen LogP contribution in [0.25, 0.3) is 0 Å². The molecule has 2 fully saturated rings. The maximum atomic E-state index is 12.0. The van der Waals surface area contributed by atoms with Gasteiger partial charge in [-0.15, -0.1) is 0 Å². The minimum Gasteiger partial charge on any atom is -0.352 e. The van der Waals surface area contributed by atoms with Crippen molar-refractivity contribution < 1.29 is 4.79 Å². The Bertz CT molecular complexity index is 362. The van der Waals surface area contributed by atoms with Crippen molar-refractivity contribution in [3.8, 4) is 0 Å². The molecule has 2 unspecified atom stereocenters. The molecule has 0 bridgehead atoms. The SMILES string of the molecule is CC1CC(=O)N(C)C(C=N)C(=N)N1C1CCCC1. The van der Waals surface area contributed by atoms with Gasteiger partial charge in [0.25, 0.3) is 0 Å². The predicted molar refractivity (Wildman–Crippen MR) is 71.2 cm³/mol. The fraction of sp³-hybridized carbons (Fsp3) is 0.769. The molecule has 0 radical (unpaired) electrons. The van der Waals surface area contributed by atoms with Gasteiger partial charge in [-0.05, 0) is 19.8 Å². The Morgan fingerprint density at radius 2 is 1.94 bits per heavy atom. The van der Waals surface area contributed by atoms with Gasteiger partial charge >= 0.3 is 0 Å². The second-order valence-corrected chi connectivity index (χ2v) is 5.40. The lowest BCUT2D eigenvalue weighted by Gasteiger charge is -2.36. The van der Waals surface area contributed by atoms with Gasteiger partial charge in [0.2, 0.25) is 5.91 Å². The zero-order valence-electron chi connectivity index (χ0n) is 11.1. The highest BCUT2D eigenvalue weighted by molar-refractivity contribution is 6.03. The van der Waals surface area contributed by atoms with Gasteiger partial charge in [0.15, 0.2) is 0 Å². The molecule has 1 amide bonds. The van der Waals surface area contributed by atoms with Crippen LogP contribution in [0.2, 0.25) is 0 Å². The Morgan fingerprint density at radius 3 is 2.50 bits per heavy atom. The lowest BCUT2D eigenvalue weighted by atomic mass is 10.1. The van der Waals surface area contributed by atoms with Gasteiger partial charge in [0.05, 0.1) is 0 Å². The second-order valence-electron chi connectivity index (χ2n) is 5.40. The highest BCUT2D eigenvalue weighted by atomic mass is 16.2. The van der Waals surface area contributed by atoms with Gasteiger partial charge in [-0.2, -0.15) is 0 Å². The third kappa shape index (κ3) is 2.13. The van der Waals surface area contributed by atoms with Crippen molar-refractivity contribution in [2.75, 3.05) is 7.05 Å². The Labute approximate surface area is 108 Å². The Kier molecular flexibility index (Phi) is 3.68. The molecule has 2 atom stereocenters. The van der Waals surface area contributed by atoms with Crippen molar-refractivity contribution in [1.29, 1.82) is 10.8 Å². The molecular formula is C13H22N4O. The molecule has 1 saturated carbocycles. The molecule has 100 valence electrons. The van der Waals surface area contributed by atoms with Gasteiger partial charge in [0.1, 0.15) is 11.9 Å². The first-order valence-corrected chi connectivity index (χ1v) is 6.69. The molecule has 5 nitrogen and oxygen atoms in total. The Morgan fingerprint density at radius 1 is 1.33 bits per heavy atom. The van der Waals surface area contributed by atoms with Crippen molar-refractivity contribution in [2.24, 2.45) is 0 Å². The van der Waals surface area contributed by atoms with E-state index in [2.05, 4.69) is 4.90 Å². The fourth-order valence-corrected chi connectivity index (χ4v) is 3.15. The molecule has 1 heterocycles. The third-order valence-electron chi connectivity index (χ3n) is 4.19. The van der Waals surface area contributed by atoms with Crippen molar-refractivity contribution >= 4 is 18.0 Å². The molecule has 2 aliphatic rings. The fourth-order valence-electron chi connectivity index (χ4n) is 3.15. The number of hydrogen-bond acceptors (Lipinski definition) is 3. The Hall–Kier alpha value is -1.39. The molecule has 2 N–H and O–H groups in total. The minimum atomic E-state index is -0.497. The summed E-state index contributed by atoms with van der Waals surface area (Å²) in [5, 5.41) is 15.8. The Balaban J connectivity index is 2.28. The summed E-state index contributed by atoms with van der Waals surface area (Å²) >= 11 is 0. The van der Waals surface area contributed by atoms with Crippen LogP contribution in [0, 0.1) is 10.8 Å². The molecule has 0 aromatic heterocycles. The lowest BCUT2D eigenvalue weighted by molar-refractivity contribution is -0.130. The number of nitrogens with one attached hydrogen (secondary N) is 2. The van der Waals surface area contributed by atoms with Crippen LogP contribution >= 0.6 is 0 Å². The van der Waals surface area contributed by atoms with Crippen molar-refractivity contribution in [3.05, 3.63) is 0 Å². The first-order chi connectivity index (χ1) is 8.56. The smallest absolute Gasteiger partial charge is 0.225 e. The van der Waals surface area contributed by atoms with Crippen molar-refractivity contribution in [3.63, 3.8) is 0 Å². The molecule has 1 aliphatic carbocycles. The molecule has 2 rings (SSSR count). The van der Waals surface area contributed by atoms with E-state index >= 15 is 0 Å². The van der Waals surface area contributed by atoms with Crippen LogP contribution in [0.4, 0.5) is 0 Å². The quantitative estimate of drug-likeness (QED) is 0.729. The van der Waals surface area contributed by atoms with Gasteiger partial charge in [-0.3, -0.25) is 10.2 Å². The van der Waals surface area contributed by atoms with Crippen LogP contribution in [0.3, 0.4) is 0 Å². The van der Waals surface area contributed by atoms with Crippen LogP contribution in [0.15, 0.2) is 0 Å². The number of amides is 1. The first-order valence-electron chi connectivity index (χ1n) is 6.69. The van der Waals surface area contributed by atoms with E-state index in [1.54, 1.807) is 7.05 Å². The highest BCUT2D eigenvalue weighted by Gasteiger charge is 2.38. The second kappa shape index (κ2) is 5.08. The van der Waals surface area contributed by atoms with E-state index < -0.39 is 6.04 Å². The predicted octanol–water partition coefficient (Wildman–Crippen LogP) is 1.48. The minimum absolute atomic E-state index is 0.0289. The summed E-state index contributed by atoms with van der Waals surface area (Å²) in [4.78, 5) is 15.6. The summed E-state index contributed by atoms with van der Waals surface area (Å²) < 4.78 is 0. The number of hydrogen-bond donors (Lipinski definition) is 2. The number of rotatable bonds is 2. The number of carbonyl (C=O) groups excluding carboxylic acids is 1. The average molecular weight is 250 g/mol. The summed E-state index contributed by atoms with van der Waals surface area (Å²) in [5.74, 6) is 0.444. The molecule has 1 aliphatic heterocycles. The van der Waals surface area contributed by atoms with Gasteiger partial charge in [-0.1, -0.05) is 12.8 Å². The van der Waals surface area contributed by atoms with E-state index in [1.165, 1.54) is 24.0 Å². The lowest BCUT2D eigenvalue weighted by Crippen LogP contribution is -2.50. The average Bonchev–Trinajstić information content (AvgIpc) is 2.80. The molecule has 0 spiro atoms. The molecule has 0 aromatic rings. The number of likely N-dealkylation sites (N-methyl/N-ethyl adjacent to an activating group) is 1. The first kappa shape index (κ1) is 13.1. The van der Waals surface area contributed by atoms with Crippen LogP contribution in [-0.4, -0.2) is 52.9 Å². The van der Waals surface area contributed by atoms with E-state index in [-0.39, 0.29) is 11.9 Å². The monoisotopic (exact) mass is 250 g/mol. The van der Waals surface area contributed by atoms with E-state index in [0.29, 0.717) is 18.3 Å². The van der Waals surface area contributed by atoms with Crippen LogP contribution in [0.5, 0.6) is 0 Å². The van der Waals surface area contributed by atoms with Crippen molar-refractivity contribution in [2.45, 2.75) is 57.2 Å². The largest absolute Gasteiger partial charge is 0.352 e. The van der Waals surface area contributed by atoms with E-state index in [0.717, 1.165) is 12.8 Å².